The van der Waals surface area contributed by atoms with Crippen LogP contribution in [0.1, 0.15) is 29.5 Å². The van der Waals surface area contributed by atoms with Crippen LogP contribution in [0.15, 0.2) is 48.7 Å². The Morgan fingerprint density at radius 1 is 1.31 bits per heavy atom. The molecule has 1 saturated heterocycles. The summed E-state index contributed by atoms with van der Waals surface area (Å²) in [4.78, 5) is 0. The van der Waals surface area contributed by atoms with E-state index in [1.807, 2.05) is 30.3 Å². The van der Waals surface area contributed by atoms with Gasteiger partial charge in [0.15, 0.2) is 0 Å². The number of aromatic nitrogens is 1. The van der Waals surface area contributed by atoms with Gasteiger partial charge in [-0.3, -0.25) is 5.32 Å². The highest BCUT2D eigenvalue weighted by Crippen LogP contribution is 2.27. The molecule has 7 heteroatoms. The van der Waals surface area contributed by atoms with Crippen LogP contribution in [0.3, 0.4) is 0 Å². The highest BCUT2D eigenvalue weighted by molar-refractivity contribution is 5.60. The van der Waals surface area contributed by atoms with E-state index in [1.54, 1.807) is 23.8 Å². The van der Waals surface area contributed by atoms with Crippen LogP contribution in [0, 0.1) is 5.82 Å². The van der Waals surface area contributed by atoms with Crippen LogP contribution in [-0.2, 0) is 11.2 Å². The first-order valence-electron chi connectivity index (χ1n) is 9.68. The lowest BCUT2D eigenvalue weighted by Gasteiger charge is -2.30. The van der Waals surface area contributed by atoms with E-state index >= 15 is 0 Å². The van der Waals surface area contributed by atoms with Gasteiger partial charge in [0.2, 0.25) is 0 Å². The summed E-state index contributed by atoms with van der Waals surface area (Å²) < 4.78 is 26.9. The quantitative estimate of drug-likeness (QED) is 0.554. The molecule has 0 saturated carbocycles. The molecule has 0 amide bonds. The average Bonchev–Trinajstić information content (AvgIpc) is 3.10. The number of ether oxygens (including phenoxy) is 2. The number of hydrogen-bond acceptors (Lipinski definition) is 5. The van der Waals surface area contributed by atoms with Crippen molar-refractivity contribution >= 4 is 5.52 Å². The third-order valence-electron chi connectivity index (χ3n) is 5.39. The van der Waals surface area contributed by atoms with E-state index < -0.39 is 18.1 Å². The number of nitrogens with one attached hydrogen (secondary N) is 1. The van der Waals surface area contributed by atoms with E-state index in [-0.39, 0.29) is 12.6 Å². The van der Waals surface area contributed by atoms with E-state index in [0.717, 1.165) is 17.0 Å². The first-order valence-corrected chi connectivity index (χ1v) is 9.68. The molecule has 4 rings (SSSR count). The molecule has 0 aliphatic carbocycles. The van der Waals surface area contributed by atoms with E-state index in [2.05, 4.69) is 5.32 Å². The summed E-state index contributed by atoms with van der Waals surface area (Å²) in [6.45, 7) is 0.729. The fourth-order valence-corrected chi connectivity index (χ4v) is 3.82. The molecule has 1 aliphatic rings. The zero-order valence-electron chi connectivity index (χ0n) is 16.2. The maximum absolute atomic E-state index is 14.7. The fraction of sp³-hybridized carbons (Fsp3) is 0.364. The molecule has 3 N–H and O–H groups in total. The van der Waals surface area contributed by atoms with Crippen molar-refractivity contribution in [3.05, 3.63) is 71.3 Å². The predicted octanol–water partition coefficient (Wildman–Crippen LogP) is 2.41. The van der Waals surface area contributed by atoms with E-state index in [1.165, 1.54) is 6.07 Å². The van der Waals surface area contributed by atoms with Crippen molar-refractivity contribution in [2.45, 2.75) is 31.2 Å². The predicted molar refractivity (Wildman–Crippen MR) is 106 cm³/mol. The van der Waals surface area contributed by atoms with Crippen LogP contribution in [-0.4, -0.2) is 47.1 Å². The smallest absolute Gasteiger partial charge is 0.147 e. The summed E-state index contributed by atoms with van der Waals surface area (Å²) in [5, 5.41) is 23.9. The molecule has 1 aliphatic heterocycles. The van der Waals surface area contributed by atoms with Crippen LogP contribution in [0.5, 0.6) is 5.75 Å². The van der Waals surface area contributed by atoms with Crippen molar-refractivity contribution in [3.63, 3.8) is 0 Å². The Kier molecular flexibility index (Phi) is 5.82. The Morgan fingerprint density at radius 3 is 2.83 bits per heavy atom. The Bertz CT molecular complexity index is 973. The number of fused-ring (bicyclic) bond motifs is 1. The molecule has 29 heavy (non-hydrogen) atoms. The summed E-state index contributed by atoms with van der Waals surface area (Å²) in [7, 11) is 1.62. The largest absolute Gasteiger partial charge is 0.497 e. The minimum atomic E-state index is -1.11. The topological polar surface area (TPSA) is 75.4 Å². The highest BCUT2D eigenvalue weighted by atomic mass is 19.1. The SMILES string of the molecule is COc1ccc(Cc2cc(C(O)NC3CCOCC3O)c3c(F)cccn23)cc1. The zero-order chi connectivity index (χ0) is 20.4. The number of methoxy groups -OCH3 is 1. The minimum absolute atomic E-state index is 0.220. The number of benzene rings is 1. The summed E-state index contributed by atoms with van der Waals surface area (Å²) in [6, 6.07) is 12.2. The Hall–Kier alpha value is -2.45. The maximum Gasteiger partial charge on any atom is 0.147 e. The first kappa shape index (κ1) is 19.8. The Morgan fingerprint density at radius 2 is 2.10 bits per heavy atom. The number of halogens is 1. The van der Waals surface area contributed by atoms with Gasteiger partial charge in [0.05, 0.1) is 25.3 Å². The number of hydrogen-bond donors (Lipinski definition) is 3. The van der Waals surface area contributed by atoms with Gasteiger partial charge in [-0.15, -0.1) is 0 Å². The van der Waals surface area contributed by atoms with Gasteiger partial charge < -0.3 is 24.1 Å². The van der Waals surface area contributed by atoms with Crippen LogP contribution in [0.4, 0.5) is 4.39 Å². The lowest BCUT2D eigenvalue weighted by Crippen LogP contribution is -2.47. The molecule has 3 unspecified atom stereocenters. The summed E-state index contributed by atoms with van der Waals surface area (Å²) >= 11 is 0. The molecule has 3 aromatic rings. The van der Waals surface area contributed by atoms with Crippen molar-refractivity contribution in [2.75, 3.05) is 20.3 Å². The fourth-order valence-electron chi connectivity index (χ4n) is 3.82. The average molecular weight is 400 g/mol. The van der Waals surface area contributed by atoms with E-state index in [9.17, 15) is 14.6 Å². The van der Waals surface area contributed by atoms with Crippen LogP contribution >= 0.6 is 0 Å². The summed E-state index contributed by atoms with van der Waals surface area (Å²) in [5.74, 6) is 0.368. The maximum atomic E-state index is 14.7. The highest BCUT2D eigenvalue weighted by Gasteiger charge is 2.27. The molecule has 0 spiro atoms. The van der Waals surface area contributed by atoms with Gasteiger partial charge >= 0.3 is 0 Å². The molecule has 3 atom stereocenters. The van der Waals surface area contributed by atoms with Gasteiger partial charge in [-0.1, -0.05) is 12.1 Å². The van der Waals surface area contributed by atoms with E-state index in [0.29, 0.717) is 30.5 Å². The standard InChI is InChI=1S/C22H25FN2O4/c1-28-16-6-4-14(5-7-16)11-15-12-17(21-18(23)3-2-9-25(15)21)22(27)24-19-8-10-29-13-20(19)26/h2-7,9,12,19-20,22,24,26-27H,8,10-11,13H2,1H3. The lowest BCUT2D eigenvalue weighted by atomic mass is 10.0. The molecular formula is C22H25FN2O4. The van der Waals surface area contributed by atoms with Gasteiger partial charge in [-0.05, 0) is 42.3 Å². The molecule has 154 valence electrons. The zero-order valence-corrected chi connectivity index (χ0v) is 16.2. The molecule has 0 radical (unpaired) electrons. The van der Waals surface area contributed by atoms with Crippen LogP contribution in [0.25, 0.3) is 5.52 Å². The number of aliphatic hydroxyl groups is 2. The number of aliphatic hydroxyl groups excluding tert-OH is 2. The van der Waals surface area contributed by atoms with Gasteiger partial charge in [-0.2, -0.15) is 0 Å². The third kappa shape index (κ3) is 4.13. The lowest BCUT2D eigenvalue weighted by molar-refractivity contribution is -0.0424. The molecule has 1 aromatic carbocycles. The van der Waals surface area contributed by atoms with Gasteiger partial charge in [-0.25, -0.2) is 4.39 Å². The third-order valence-corrected chi connectivity index (χ3v) is 5.39. The van der Waals surface area contributed by atoms with Crippen molar-refractivity contribution in [2.24, 2.45) is 0 Å². The van der Waals surface area contributed by atoms with Crippen molar-refractivity contribution in [3.8, 4) is 5.75 Å². The number of rotatable bonds is 6. The second kappa shape index (κ2) is 8.51. The molecule has 2 aromatic heterocycles. The minimum Gasteiger partial charge on any atom is -0.497 e. The molecule has 1 fully saturated rings. The molecule has 0 bridgehead atoms. The molecular weight excluding hydrogens is 375 g/mol. The molecule has 3 heterocycles. The van der Waals surface area contributed by atoms with Gasteiger partial charge in [0.1, 0.15) is 17.8 Å². The van der Waals surface area contributed by atoms with Gasteiger partial charge in [0.25, 0.3) is 0 Å². The summed E-state index contributed by atoms with van der Waals surface area (Å²) in [6.07, 6.45) is 1.11. The molecule has 6 nitrogen and oxygen atoms in total. The van der Waals surface area contributed by atoms with Crippen molar-refractivity contribution in [1.29, 1.82) is 0 Å². The van der Waals surface area contributed by atoms with Crippen molar-refractivity contribution < 1.29 is 24.1 Å². The Balaban J connectivity index is 1.65. The van der Waals surface area contributed by atoms with E-state index in [4.69, 9.17) is 9.47 Å². The normalized spacial score (nSPS) is 20.7. The second-order valence-electron chi connectivity index (χ2n) is 7.30. The number of pyridine rings is 1. The first-order chi connectivity index (χ1) is 14.1. The monoisotopic (exact) mass is 400 g/mol. The van der Waals surface area contributed by atoms with Gasteiger partial charge in [0, 0.05) is 36.5 Å². The van der Waals surface area contributed by atoms with Crippen LogP contribution in [0.2, 0.25) is 0 Å². The summed E-state index contributed by atoms with van der Waals surface area (Å²) in [5.41, 5.74) is 2.68. The number of nitrogens with zero attached hydrogens (tertiary/aromatic N) is 1. The van der Waals surface area contributed by atoms with Crippen LogP contribution < -0.4 is 10.1 Å². The van der Waals surface area contributed by atoms with Crippen molar-refractivity contribution in [1.82, 2.24) is 9.72 Å². The Labute approximate surface area is 168 Å². The second-order valence-corrected chi connectivity index (χ2v) is 7.30.